The van der Waals surface area contributed by atoms with Crippen LogP contribution in [0.4, 0.5) is 14.6 Å². The molecule has 3 aromatic heterocycles. The summed E-state index contributed by atoms with van der Waals surface area (Å²) in [7, 11) is 1.84. The van der Waals surface area contributed by atoms with Gasteiger partial charge in [0.25, 0.3) is 5.56 Å². The summed E-state index contributed by atoms with van der Waals surface area (Å²) in [4.78, 5) is 24.3. The molecule has 0 unspecified atom stereocenters. The lowest BCUT2D eigenvalue weighted by molar-refractivity contribution is 0.0394. The molecule has 1 fully saturated rings. The van der Waals surface area contributed by atoms with Crippen molar-refractivity contribution in [3.63, 3.8) is 0 Å². The quantitative estimate of drug-likeness (QED) is 0.476. The molecule has 10 heteroatoms. The molecule has 1 aliphatic rings. The molecule has 170 valence electrons. The Bertz CT molecular complexity index is 1430. The van der Waals surface area contributed by atoms with E-state index in [-0.39, 0.29) is 28.6 Å². The van der Waals surface area contributed by atoms with E-state index in [4.69, 9.17) is 9.72 Å². The van der Waals surface area contributed by atoms with Crippen LogP contribution in [0.1, 0.15) is 22.9 Å². The second-order valence-electron chi connectivity index (χ2n) is 8.15. The van der Waals surface area contributed by atoms with Crippen LogP contribution >= 0.6 is 0 Å². The van der Waals surface area contributed by atoms with Gasteiger partial charge in [-0.1, -0.05) is 0 Å². The molecule has 1 aliphatic heterocycles. The lowest BCUT2D eigenvalue weighted by Crippen LogP contribution is -2.39. The zero-order valence-electron chi connectivity index (χ0n) is 18.4. The van der Waals surface area contributed by atoms with Crippen LogP contribution in [0, 0.1) is 25.5 Å². The van der Waals surface area contributed by atoms with Gasteiger partial charge in [-0.2, -0.15) is 5.10 Å². The van der Waals surface area contributed by atoms with Crippen molar-refractivity contribution in [2.24, 2.45) is 7.05 Å². The summed E-state index contributed by atoms with van der Waals surface area (Å²) in [5.74, 6) is -0.990. The highest BCUT2D eigenvalue weighted by atomic mass is 19.1. The number of morpholine rings is 1. The van der Waals surface area contributed by atoms with Crippen LogP contribution in [0.25, 0.3) is 16.9 Å². The van der Waals surface area contributed by atoms with E-state index in [0.717, 1.165) is 17.7 Å². The molecule has 4 aromatic rings. The molecule has 0 aliphatic carbocycles. The van der Waals surface area contributed by atoms with Gasteiger partial charge in [0.05, 0.1) is 25.5 Å². The van der Waals surface area contributed by atoms with E-state index >= 15 is 0 Å². The summed E-state index contributed by atoms with van der Waals surface area (Å²) in [6.45, 7) is 4.87. The fraction of sp³-hybridized carbons (Fsp3) is 0.304. The van der Waals surface area contributed by atoms with Crippen molar-refractivity contribution in [1.82, 2.24) is 24.1 Å². The normalized spacial score (nSPS) is 16.5. The minimum absolute atomic E-state index is 0.0722. The third-order valence-electron chi connectivity index (χ3n) is 5.94. The summed E-state index contributed by atoms with van der Waals surface area (Å²) < 4.78 is 37.3. The van der Waals surface area contributed by atoms with E-state index in [1.54, 1.807) is 30.9 Å². The molecule has 8 nitrogen and oxygen atoms in total. The number of anilines is 1. The van der Waals surface area contributed by atoms with E-state index in [9.17, 15) is 13.6 Å². The zero-order chi connectivity index (χ0) is 23.3. The number of nitrogens with zero attached hydrogens (tertiary/aromatic N) is 6. The Kier molecular flexibility index (Phi) is 5.16. The summed E-state index contributed by atoms with van der Waals surface area (Å²) in [6.07, 6.45) is 5.03. The highest BCUT2D eigenvalue weighted by Gasteiger charge is 2.26. The van der Waals surface area contributed by atoms with Crippen LogP contribution in [-0.2, 0) is 11.8 Å². The zero-order valence-corrected chi connectivity index (χ0v) is 18.4. The van der Waals surface area contributed by atoms with Crippen LogP contribution in [0.5, 0.6) is 0 Å². The summed E-state index contributed by atoms with van der Waals surface area (Å²) in [6, 6.07) is 3.28. The maximum Gasteiger partial charge on any atom is 0.261 e. The molecule has 4 heterocycles. The first-order valence-corrected chi connectivity index (χ1v) is 10.5. The van der Waals surface area contributed by atoms with Crippen molar-refractivity contribution in [2.45, 2.75) is 20.0 Å². The van der Waals surface area contributed by atoms with E-state index in [1.807, 2.05) is 18.1 Å². The highest BCUT2D eigenvalue weighted by Crippen LogP contribution is 2.30. The largest absolute Gasteiger partial charge is 0.370 e. The first-order chi connectivity index (χ1) is 15.8. The number of hydrogen-bond acceptors (Lipinski definition) is 6. The Balaban J connectivity index is 1.67. The molecule has 1 atom stereocenters. The van der Waals surface area contributed by atoms with Crippen molar-refractivity contribution in [3.8, 4) is 11.3 Å². The third-order valence-corrected chi connectivity index (χ3v) is 5.94. The van der Waals surface area contributed by atoms with Gasteiger partial charge in [-0.05, 0) is 26.0 Å². The third kappa shape index (κ3) is 3.76. The summed E-state index contributed by atoms with van der Waals surface area (Å²) >= 11 is 0. The average Bonchev–Trinajstić information content (AvgIpc) is 3.24. The van der Waals surface area contributed by atoms with Crippen LogP contribution in [0.3, 0.4) is 0 Å². The van der Waals surface area contributed by atoms with Gasteiger partial charge in [0.15, 0.2) is 5.65 Å². The molecule has 33 heavy (non-hydrogen) atoms. The average molecular weight is 452 g/mol. The fourth-order valence-electron chi connectivity index (χ4n) is 4.00. The minimum Gasteiger partial charge on any atom is -0.370 e. The summed E-state index contributed by atoms with van der Waals surface area (Å²) in [5.41, 5.74) is 2.15. The molecule has 0 radical (unpaired) electrons. The first-order valence-electron chi connectivity index (χ1n) is 10.5. The number of hydrogen-bond donors (Lipinski definition) is 0. The second-order valence-corrected chi connectivity index (χ2v) is 8.15. The Morgan fingerprint density at radius 2 is 1.97 bits per heavy atom. The lowest BCUT2D eigenvalue weighted by atomic mass is 10.1. The van der Waals surface area contributed by atoms with E-state index in [1.165, 1.54) is 10.5 Å². The predicted molar refractivity (Wildman–Crippen MR) is 118 cm³/mol. The molecule has 0 N–H and O–H groups in total. The van der Waals surface area contributed by atoms with Gasteiger partial charge in [-0.15, -0.1) is 0 Å². The van der Waals surface area contributed by atoms with Crippen molar-refractivity contribution in [3.05, 3.63) is 75.6 Å². The maximum atomic E-state index is 14.8. The van der Waals surface area contributed by atoms with Gasteiger partial charge in [0.1, 0.15) is 29.3 Å². The van der Waals surface area contributed by atoms with Crippen LogP contribution < -0.4 is 10.5 Å². The molecular formula is C23H22F2N6O2. The summed E-state index contributed by atoms with van der Waals surface area (Å²) in [5, 5.41) is 4.21. The number of rotatable bonds is 3. The van der Waals surface area contributed by atoms with E-state index in [2.05, 4.69) is 10.1 Å². The molecule has 0 amide bonds. The molecule has 0 bridgehead atoms. The van der Waals surface area contributed by atoms with Gasteiger partial charge < -0.3 is 9.64 Å². The second kappa shape index (κ2) is 8.04. The first kappa shape index (κ1) is 21.2. The number of aromatic nitrogens is 5. The minimum atomic E-state index is -0.774. The number of aryl methyl sites for hydroxylation is 2. The van der Waals surface area contributed by atoms with Gasteiger partial charge >= 0.3 is 0 Å². The molecule has 0 saturated carbocycles. The molecule has 1 saturated heterocycles. The monoisotopic (exact) mass is 452 g/mol. The van der Waals surface area contributed by atoms with Gasteiger partial charge in [-0.3, -0.25) is 13.9 Å². The van der Waals surface area contributed by atoms with Crippen molar-refractivity contribution in [1.29, 1.82) is 0 Å². The standard InChI is InChI=1S/C23H22F2N6O2/c1-13-14(2)27-22-21(17-5-4-16(24)8-18(17)25)28-20(12-31(22)23(13)32)30-6-7-33-19(11-30)15-9-26-29(3)10-15/h4-5,8-10,12,19H,6-7,11H2,1-3H3/t19-/m1/s1. The SMILES string of the molecule is Cc1nc2c(-c3ccc(F)cc3F)nc(N3CCO[C@@H](c4cnn(C)c4)C3)cn2c(=O)c1C. The van der Waals surface area contributed by atoms with Crippen LogP contribution in [0.15, 0.2) is 41.6 Å². The Morgan fingerprint density at radius 1 is 1.15 bits per heavy atom. The number of ether oxygens (including phenoxy) is 1. The van der Waals surface area contributed by atoms with Crippen molar-refractivity contribution in [2.75, 3.05) is 24.6 Å². The topological polar surface area (TPSA) is 77.6 Å². The van der Waals surface area contributed by atoms with Gasteiger partial charge in [0, 0.05) is 48.2 Å². The molecule has 1 aromatic carbocycles. The van der Waals surface area contributed by atoms with E-state index in [0.29, 0.717) is 36.8 Å². The van der Waals surface area contributed by atoms with E-state index < -0.39 is 11.6 Å². The number of halogens is 2. The lowest BCUT2D eigenvalue weighted by Gasteiger charge is -2.33. The molecule has 5 rings (SSSR count). The predicted octanol–water partition coefficient (Wildman–Crippen LogP) is 2.96. The van der Waals surface area contributed by atoms with Crippen LogP contribution in [-0.4, -0.2) is 43.8 Å². The maximum absolute atomic E-state index is 14.8. The molecule has 0 spiro atoms. The molecular weight excluding hydrogens is 430 g/mol. The van der Waals surface area contributed by atoms with Crippen molar-refractivity contribution < 1.29 is 13.5 Å². The number of fused-ring (bicyclic) bond motifs is 1. The van der Waals surface area contributed by atoms with Crippen molar-refractivity contribution >= 4 is 11.5 Å². The number of benzene rings is 1. The Morgan fingerprint density at radius 3 is 2.70 bits per heavy atom. The van der Waals surface area contributed by atoms with Gasteiger partial charge in [0.2, 0.25) is 0 Å². The Hall–Kier alpha value is -3.66. The fourth-order valence-corrected chi connectivity index (χ4v) is 4.00. The highest BCUT2D eigenvalue weighted by molar-refractivity contribution is 5.76. The smallest absolute Gasteiger partial charge is 0.261 e. The van der Waals surface area contributed by atoms with Crippen LogP contribution in [0.2, 0.25) is 0 Å². The van der Waals surface area contributed by atoms with Gasteiger partial charge in [-0.25, -0.2) is 18.7 Å². The Labute approximate surface area is 188 Å².